The smallest absolute Gasteiger partial charge is 0.138 e. The van der Waals surface area contributed by atoms with E-state index in [0.717, 1.165) is 41.5 Å². The van der Waals surface area contributed by atoms with Crippen molar-refractivity contribution in [3.8, 4) is 34.0 Å². The Morgan fingerprint density at radius 1 is 0.929 bits per heavy atom. The number of aromatic nitrogens is 2. The van der Waals surface area contributed by atoms with Gasteiger partial charge in [-0.25, -0.2) is 0 Å². The first-order valence-corrected chi connectivity index (χ1v) is 9.57. The van der Waals surface area contributed by atoms with Crippen molar-refractivity contribution in [2.24, 2.45) is 0 Å². The standard InChI is InChI=1S/C21H19ClN2O4/c22-18-7-14(3-6-21(18)28-12-17-11-27-17)20-8-19(23-24-20)13-1-4-15(5-2-13)25-9-16-10-26-16/h1-8,16-17H,9-12H2,(H,23,24). The average molecular weight is 399 g/mol. The third-order valence-corrected chi connectivity index (χ3v) is 4.93. The van der Waals surface area contributed by atoms with Gasteiger partial charge in [0.25, 0.3) is 0 Å². The van der Waals surface area contributed by atoms with Crippen molar-refractivity contribution in [3.05, 3.63) is 53.6 Å². The van der Waals surface area contributed by atoms with Gasteiger partial charge in [0, 0.05) is 5.56 Å². The zero-order chi connectivity index (χ0) is 18.9. The highest BCUT2D eigenvalue weighted by atomic mass is 35.5. The van der Waals surface area contributed by atoms with Crippen LogP contribution >= 0.6 is 11.6 Å². The molecule has 2 aliphatic rings. The molecule has 0 aliphatic carbocycles. The molecule has 2 aliphatic heterocycles. The number of hydrogen-bond acceptors (Lipinski definition) is 5. The fourth-order valence-electron chi connectivity index (χ4n) is 2.83. The Labute approximate surface area is 167 Å². The summed E-state index contributed by atoms with van der Waals surface area (Å²) < 4.78 is 21.6. The van der Waals surface area contributed by atoms with Gasteiger partial charge in [-0.15, -0.1) is 0 Å². The molecule has 2 atom stereocenters. The third-order valence-electron chi connectivity index (χ3n) is 4.64. The SMILES string of the molecule is Clc1cc(-c2cc(-c3ccc(OCC4CO4)cc3)[nH]n2)ccc1OCC1CO1. The Morgan fingerprint density at radius 2 is 1.61 bits per heavy atom. The molecule has 6 nitrogen and oxygen atoms in total. The van der Waals surface area contributed by atoms with E-state index in [2.05, 4.69) is 10.2 Å². The Hall–Kier alpha value is -2.54. The highest BCUT2D eigenvalue weighted by molar-refractivity contribution is 6.32. The molecule has 144 valence electrons. The van der Waals surface area contributed by atoms with Crippen molar-refractivity contribution in [2.75, 3.05) is 26.4 Å². The molecule has 2 aromatic carbocycles. The fraction of sp³-hybridized carbons (Fsp3) is 0.286. The first-order chi connectivity index (χ1) is 13.7. The normalized spacial score (nSPS) is 20.0. The maximum Gasteiger partial charge on any atom is 0.138 e. The predicted octanol–water partition coefficient (Wildman–Crippen LogP) is 3.95. The van der Waals surface area contributed by atoms with E-state index in [1.165, 1.54) is 0 Å². The third kappa shape index (κ3) is 4.14. The van der Waals surface area contributed by atoms with E-state index in [4.69, 9.17) is 30.5 Å². The second-order valence-electron chi connectivity index (χ2n) is 6.87. The number of ether oxygens (including phenoxy) is 4. The fourth-order valence-corrected chi connectivity index (χ4v) is 3.06. The molecule has 1 aromatic heterocycles. The van der Waals surface area contributed by atoms with Crippen LogP contribution in [0.3, 0.4) is 0 Å². The first-order valence-electron chi connectivity index (χ1n) is 9.19. The molecular weight excluding hydrogens is 380 g/mol. The van der Waals surface area contributed by atoms with Gasteiger partial charge in [0.2, 0.25) is 0 Å². The van der Waals surface area contributed by atoms with E-state index in [0.29, 0.717) is 24.0 Å². The lowest BCUT2D eigenvalue weighted by Gasteiger charge is -2.07. The van der Waals surface area contributed by atoms with Gasteiger partial charge in [-0.3, -0.25) is 5.10 Å². The van der Waals surface area contributed by atoms with Gasteiger partial charge >= 0.3 is 0 Å². The molecule has 5 rings (SSSR count). The summed E-state index contributed by atoms with van der Waals surface area (Å²) >= 11 is 6.35. The van der Waals surface area contributed by atoms with Crippen LogP contribution in [0.5, 0.6) is 11.5 Å². The number of nitrogens with one attached hydrogen (secondary N) is 1. The Morgan fingerprint density at radius 3 is 2.29 bits per heavy atom. The van der Waals surface area contributed by atoms with Gasteiger partial charge in [0.05, 0.1) is 29.6 Å². The van der Waals surface area contributed by atoms with Gasteiger partial charge in [0.15, 0.2) is 0 Å². The summed E-state index contributed by atoms with van der Waals surface area (Å²) in [6.07, 6.45) is 0.448. The number of nitrogens with zero attached hydrogens (tertiary/aromatic N) is 1. The largest absolute Gasteiger partial charge is 0.491 e. The number of epoxide rings is 2. The van der Waals surface area contributed by atoms with Gasteiger partial charge in [-0.2, -0.15) is 5.10 Å². The summed E-state index contributed by atoms with van der Waals surface area (Å²) in [5, 5.41) is 8.06. The van der Waals surface area contributed by atoms with Crippen LogP contribution in [0.15, 0.2) is 48.5 Å². The van der Waals surface area contributed by atoms with Crippen LogP contribution in [0.1, 0.15) is 0 Å². The van der Waals surface area contributed by atoms with E-state index >= 15 is 0 Å². The number of rotatable bonds is 8. The summed E-state index contributed by atoms with van der Waals surface area (Å²) in [4.78, 5) is 0. The highest BCUT2D eigenvalue weighted by Crippen LogP contribution is 2.32. The van der Waals surface area contributed by atoms with Crippen molar-refractivity contribution in [3.63, 3.8) is 0 Å². The molecule has 2 unspecified atom stereocenters. The van der Waals surface area contributed by atoms with Crippen LogP contribution in [0.25, 0.3) is 22.5 Å². The molecule has 0 saturated carbocycles. The van der Waals surface area contributed by atoms with Crippen LogP contribution in [-0.2, 0) is 9.47 Å². The van der Waals surface area contributed by atoms with Crippen molar-refractivity contribution in [1.82, 2.24) is 10.2 Å². The first kappa shape index (κ1) is 17.6. The Balaban J connectivity index is 1.27. The number of aromatic amines is 1. The minimum Gasteiger partial charge on any atom is -0.491 e. The quantitative estimate of drug-likeness (QED) is 0.581. The predicted molar refractivity (Wildman–Crippen MR) is 105 cm³/mol. The zero-order valence-electron chi connectivity index (χ0n) is 15.1. The zero-order valence-corrected chi connectivity index (χ0v) is 15.8. The molecule has 0 bridgehead atoms. The molecular formula is C21H19ClN2O4. The summed E-state index contributed by atoms with van der Waals surface area (Å²) in [5.41, 5.74) is 3.70. The van der Waals surface area contributed by atoms with E-state index in [1.807, 2.05) is 48.5 Å². The van der Waals surface area contributed by atoms with Crippen LogP contribution in [0.2, 0.25) is 5.02 Å². The molecule has 0 spiro atoms. The summed E-state index contributed by atoms with van der Waals surface area (Å²) in [6, 6.07) is 15.6. The number of halogens is 1. The molecule has 0 radical (unpaired) electrons. The van der Waals surface area contributed by atoms with Crippen molar-refractivity contribution < 1.29 is 18.9 Å². The van der Waals surface area contributed by atoms with Crippen molar-refractivity contribution in [1.29, 1.82) is 0 Å². The molecule has 1 N–H and O–H groups in total. The van der Waals surface area contributed by atoms with E-state index in [-0.39, 0.29) is 12.2 Å². The second-order valence-corrected chi connectivity index (χ2v) is 7.28. The molecule has 2 fully saturated rings. The topological polar surface area (TPSA) is 72.2 Å². The molecule has 7 heteroatoms. The molecule has 2 saturated heterocycles. The summed E-state index contributed by atoms with van der Waals surface area (Å²) in [7, 11) is 0. The molecule has 3 aromatic rings. The van der Waals surface area contributed by atoms with Gasteiger partial charge in [-0.1, -0.05) is 11.6 Å². The number of hydrogen-bond donors (Lipinski definition) is 1. The molecule has 0 amide bonds. The molecule has 28 heavy (non-hydrogen) atoms. The number of benzene rings is 2. The Bertz CT molecular complexity index is 965. The van der Waals surface area contributed by atoms with Crippen LogP contribution in [0, 0.1) is 0 Å². The average Bonchev–Trinajstić information content (AvgIpc) is 3.65. The van der Waals surface area contributed by atoms with E-state index in [1.54, 1.807) is 0 Å². The van der Waals surface area contributed by atoms with Crippen LogP contribution in [-0.4, -0.2) is 48.8 Å². The highest BCUT2D eigenvalue weighted by Gasteiger charge is 2.24. The van der Waals surface area contributed by atoms with Crippen LogP contribution < -0.4 is 9.47 Å². The lowest BCUT2D eigenvalue weighted by molar-refractivity contribution is 0.263. The van der Waals surface area contributed by atoms with Crippen molar-refractivity contribution >= 4 is 11.6 Å². The maximum absolute atomic E-state index is 6.35. The monoisotopic (exact) mass is 398 g/mol. The van der Waals surface area contributed by atoms with E-state index < -0.39 is 0 Å². The minimum absolute atomic E-state index is 0.198. The summed E-state index contributed by atoms with van der Waals surface area (Å²) in [5.74, 6) is 1.49. The van der Waals surface area contributed by atoms with Gasteiger partial charge < -0.3 is 18.9 Å². The Kier molecular flexibility index (Phi) is 4.68. The van der Waals surface area contributed by atoms with Gasteiger partial charge in [0.1, 0.15) is 36.9 Å². The van der Waals surface area contributed by atoms with E-state index in [9.17, 15) is 0 Å². The van der Waals surface area contributed by atoms with Crippen LogP contribution in [0.4, 0.5) is 0 Å². The second kappa shape index (κ2) is 7.47. The lowest BCUT2D eigenvalue weighted by atomic mass is 10.1. The van der Waals surface area contributed by atoms with Gasteiger partial charge in [-0.05, 0) is 54.1 Å². The summed E-state index contributed by atoms with van der Waals surface area (Å²) in [6.45, 7) is 2.68. The number of H-pyrrole nitrogens is 1. The minimum atomic E-state index is 0.198. The lowest BCUT2D eigenvalue weighted by Crippen LogP contribution is -2.04. The van der Waals surface area contributed by atoms with Crippen molar-refractivity contribution in [2.45, 2.75) is 12.2 Å². The molecule has 3 heterocycles. The maximum atomic E-state index is 6.35.